The first-order valence-electron chi connectivity index (χ1n) is 20.6. The summed E-state index contributed by atoms with van der Waals surface area (Å²) in [4.78, 5) is 16.3. The second-order valence-corrected chi connectivity index (χ2v) is 16.9. The monoisotopic (exact) mass is 830 g/mol. The van der Waals surface area contributed by atoms with Crippen molar-refractivity contribution in [1.82, 2.24) is 15.6 Å². The van der Waals surface area contributed by atoms with Crippen LogP contribution in [0.4, 0.5) is 10.8 Å². The Hall–Kier alpha value is -3.92. The summed E-state index contributed by atoms with van der Waals surface area (Å²) in [5, 5.41) is 19.4. The van der Waals surface area contributed by atoms with E-state index in [-0.39, 0.29) is 17.9 Å². The van der Waals surface area contributed by atoms with Gasteiger partial charge in [-0.25, -0.2) is 13.4 Å². The minimum absolute atomic E-state index is 0.00304. The van der Waals surface area contributed by atoms with Gasteiger partial charge in [0.2, 0.25) is 15.9 Å². The summed E-state index contributed by atoms with van der Waals surface area (Å²) < 4.78 is 35.8. The quantitative estimate of drug-likeness (QED) is 0.0211. The van der Waals surface area contributed by atoms with Crippen LogP contribution in [0.1, 0.15) is 122 Å². The lowest BCUT2D eigenvalue weighted by molar-refractivity contribution is -0.122. The molecule has 1 heterocycles. The van der Waals surface area contributed by atoms with Crippen molar-refractivity contribution in [1.29, 1.82) is 5.41 Å². The van der Waals surface area contributed by atoms with Gasteiger partial charge in [0.1, 0.15) is 11.5 Å². The number of anilines is 2. The molecule has 2 aromatic carbocycles. The molecule has 0 saturated carbocycles. The Balaban J connectivity index is 0.000000401. The van der Waals surface area contributed by atoms with Crippen molar-refractivity contribution in [3.05, 3.63) is 53.4 Å². The number of hydrogen-bond acceptors (Lipinski definition) is 10. The SMILES string of the molecule is CCCCCCCCCCCCCCCCNC(=O)[C@@H](N)CCCCN.COc1cccc(OC)c1CNC(=N)Nc1nc(-c2ccc(NS(C)(=O)=O)cc2)cs1. The Morgan fingerprint density at radius 1 is 0.825 bits per heavy atom. The molecule has 320 valence electrons. The van der Waals surface area contributed by atoms with Crippen molar-refractivity contribution in [3.8, 4) is 22.8 Å². The highest BCUT2D eigenvalue weighted by Crippen LogP contribution is 2.29. The molecule has 0 fully saturated rings. The molecule has 0 bridgehead atoms. The summed E-state index contributed by atoms with van der Waals surface area (Å²) in [6, 6.07) is 12.0. The van der Waals surface area contributed by atoms with E-state index >= 15 is 0 Å². The fraction of sp³-hybridized carbons (Fsp3) is 0.595. The molecular formula is C42H70N8O5S2. The standard InChI is InChI=1S/C22H47N3O.C20H23N5O4S2/c1-2-3-4-5-6-7-8-9-10-11-12-13-14-17-20-25-22(26)21(24)18-15-16-19-23;1-28-17-5-4-6-18(29-2)15(17)11-22-19(21)24-20-23-16(12-30-20)13-7-9-14(10-8-13)25-31(3,26)27/h21H,2-20,23-24H2,1H3,(H,25,26);4-10,12,25H,11H2,1-3H3,(H3,21,22,23,24)/t21-;/m0./s1. The third kappa shape index (κ3) is 22.0. The highest BCUT2D eigenvalue weighted by Gasteiger charge is 2.13. The lowest BCUT2D eigenvalue weighted by Crippen LogP contribution is -2.40. The summed E-state index contributed by atoms with van der Waals surface area (Å²) >= 11 is 1.36. The number of ether oxygens (including phenoxy) is 2. The number of unbranched alkanes of at least 4 members (excludes halogenated alkanes) is 14. The van der Waals surface area contributed by atoms with Crippen molar-refractivity contribution in [2.45, 2.75) is 129 Å². The number of hydrogen-bond donors (Lipinski definition) is 7. The number of nitrogens with one attached hydrogen (secondary N) is 5. The van der Waals surface area contributed by atoms with Crippen LogP contribution < -0.4 is 41.6 Å². The number of carbonyl (C=O) groups is 1. The zero-order valence-corrected chi connectivity index (χ0v) is 36.4. The second kappa shape index (κ2) is 29.3. The molecule has 3 aromatic rings. The molecule has 57 heavy (non-hydrogen) atoms. The number of carbonyl (C=O) groups excluding carboxylic acids is 1. The van der Waals surface area contributed by atoms with Crippen LogP contribution in [0, 0.1) is 5.41 Å². The van der Waals surface area contributed by atoms with E-state index in [1.54, 1.807) is 38.5 Å². The molecule has 3 rings (SSSR count). The smallest absolute Gasteiger partial charge is 0.236 e. The van der Waals surface area contributed by atoms with E-state index in [0.29, 0.717) is 35.4 Å². The number of aromatic nitrogens is 1. The van der Waals surface area contributed by atoms with Crippen molar-refractivity contribution >= 4 is 44.0 Å². The van der Waals surface area contributed by atoms with Crippen LogP contribution in [-0.2, 0) is 21.4 Å². The number of sulfonamides is 1. The van der Waals surface area contributed by atoms with Gasteiger partial charge in [0.15, 0.2) is 11.1 Å². The molecule has 0 aliphatic rings. The van der Waals surface area contributed by atoms with Gasteiger partial charge in [-0.05, 0) is 50.1 Å². The number of rotatable bonds is 28. The summed E-state index contributed by atoms with van der Waals surface area (Å²) in [6.07, 6.45) is 22.7. The normalized spacial score (nSPS) is 11.5. The number of benzene rings is 2. The number of thiazole rings is 1. The molecule has 1 amide bonds. The van der Waals surface area contributed by atoms with Crippen LogP contribution >= 0.6 is 11.3 Å². The second-order valence-electron chi connectivity index (χ2n) is 14.3. The maximum Gasteiger partial charge on any atom is 0.236 e. The Labute approximate surface area is 346 Å². The van der Waals surface area contributed by atoms with Gasteiger partial charge in [-0.3, -0.25) is 14.9 Å². The molecule has 15 heteroatoms. The molecule has 9 N–H and O–H groups in total. The molecule has 1 atom stereocenters. The van der Waals surface area contributed by atoms with Gasteiger partial charge in [0.25, 0.3) is 0 Å². The van der Waals surface area contributed by atoms with Crippen molar-refractivity contribution in [2.24, 2.45) is 11.5 Å². The van der Waals surface area contributed by atoms with Crippen LogP contribution in [0.5, 0.6) is 11.5 Å². The molecular weight excluding hydrogens is 761 g/mol. The largest absolute Gasteiger partial charge is 0.496 e. The van der Waals surface area contributed by atoms with E-state index < -0.39 is 10.0 Å². The molecule has 0 spiro atoms. The van der Waals surface area contributed by atoms with Crippen LogP contribution in [-0.4, -0.2) is 64.9 Å². The van der Waals surface area contributed by atoms with E-state index in [1.807, 2.05) is 23.6 Å². The van der Waals surface area contributed by atoms with Gasteiger partial charge in [0.05, 0.1) is 44.3 Å². The van der Waals surface area contributed by atoms with Crippen LogP contribution in [0.2, 0.25) is 0 Å². The highest BCUT2D eigenvalue weighted by molar-refractivity contribution is 7.92. The molecule has 1 aromatic heterocycles. The van der Waals surface area contributed by atoms with Crippen molar-refractivity contribution < 1.29 is 22.7 Å². The lowest BCUT2D eigenvalue weighted by atomic mass is 10.0. The van der Waals surface area contributed by atoms with Gasteiger partial charge in [0, 0.05) is 23.2 Å². The number of amides is 1. The fourth-order valence-corrected chi connectivity index (χ4v) is 7.41. The van der Waals surface area contributed by atoms with E-state index in [4.69, 9.17) is 26.4 Å². The average Bonchev–Trinajstić information content (AvgIpc) is 3.66. The molecule has 13 nitrogen and oxygen atoms in total. The zero-order valence-electron chi connectivity index (χ0n) is 34.8. The maximum absolute atomic E-state index is 11.8. The van der Waals surface area contributed by atoms with Crippen molar-refractivity contribution in [3.63, 3.8) is 0 Å². The lowest BCUT2D eigenvalue weighted by Gasteiger charge is -2.14. The van der Waals surface area contributed by atoms with Gasteiger partial charge < -0.3 is 36.9 Å². The predicted molar refractivity (Wildman–Crippen MR) is 238 cm³/mol. The number of nitrogens with two attached hydrogens (primary N) is 2. The van der Waals surface area contributed by atoms with Crippen molar-refractivity contribution in [2.75, 3.05) is 43.6 Å². The number of nitrogens with zero attached hydrogens (tertiary/aromatic N) is 1. The minimum atomic E-state index is -3.32. The van der Waals surface area contributed by atoms with Crippen LogP contribution in [0.25, 0.3) is 11.3 Å². The Morgan fingerprint density at radius 3 is 1.91 bits per heavy atom. The first-order chi connectivity index (χ1) is 27.5. The minimum Gasteiger partial charge on any atom is -0.496 e. The van der Waals surface area contributed by atoms with Gasteiger partial charge >= 0.3 is 0 Å². The van der Waals surface area contributed by atoms with Gasteiger partial charge in [-0.15, -0.1) is 11.3 Å². The molecule has 0 radical (unpaired) electrons. The maximum atomic E-state index is 11.8. The topological polar surface area (TPSA) is 207 Å². The van der Waals surface area contributed by atoms with E-state index in [1.165, 1.54) is 94.8 Å². The Kier molecular flexibility index (Phi) is 25.3. The van der Waals surface area contributed by atoms with E-state index in [2.05, 4.69) is 32.6 Å². The van der Waals surface area contributed by atoms with Crippen LogP contribution in [0.3, 0.4) is 0 Å². The first-order valence-corrected chi connectivity index (χ1v) is 23.3. The Morgan fingerprint density at radius 2 is 1.39 bits per heavy atom. The van der Waals surface area contributed by atoms with Gasteiger partial charge in [-0.2, -0.15) is 0 Å². The first kappa shape index (κ1) is 49.2. The predicted octanol–water partition coefficient (Wildman–Crippen LogP) is 8.38. The third-order valence-corrected chi connectivity index (χ3v) is 10.7. The highest BCUT2D eigenvalue weighted by atomic mass is 32.2. The zero-order chi connectivity index (χ0) is 41.7. The number of guanidine groups is 1. The summed E-state index contributed by atoms with van der Waals surface area (Å²) in [7, 11) is -0.146. The van der Waals surface area contributed by atoms with E-state index in [9.17, 15) is 13.2 Å². The summed E-state index contributed by atoms with van der Waals surface area (Å²) in [6.45, 7) is 4.05. The molecule has 0 aliphatic heterocycles. The average molecular weight is 831 g/mol. The molecule has 0 saturated heterocycles. The molecule has 0 aliphatic carbocycles. The third-order valence-electron chi connectivity index (χ3n) is 9.33. The Bertz CT molecular complexity index is 1630. The van der Waals surface area contributed by atoms with Gasteiger partial charge in [-0.1, -0.05) is 115 Å². The molecule has 0 unspecified atom stereocenters. The fourth-order valence-electron chi connectivity index (χ4n) is 6.12. The number of methoxy groups -OCH3 is 2. The van der Waals surface area contributed by atoms with Crippen LogP contribution in [0.15, 0.2) is 47.8 Å². The summed E-state index contributed by atoms with van der Waals surface area (Å²) in [5.41, 5.74) is 14.2. The van der Waals surface area contributed by atoms with E-state index in [0.717, 1.165) is 55.3 Å². The summed E-state index contributed by atoms with van der Waals surface area (Å²) in [5.74, 6) is 1.42.